The summed E-state index contributed by atoms with van der Waals surface area (Å²) < 4.78 is 0. The van der Waals surface area contributed by atoms with E-state index in [1.165, 1.54) is 0 Å². The molecule has 0 bridgehead atoms. The van der Waals surface area contributed by atoms with Gasteiger partial charge in [-0.3, -0.25) is 0 Å². The standard InChI is InChI=1S/Bi.2ClH.Cu.3H/h;2*1H;;;;/q;;;+2;;;/p-2. The number of hydrogen-bond donors (Lipinski definition) is 0. The third-order valence-electron chi connectivity index (χ3n) is 0. The van der Waals surface area contributed by atoms with Gasteiger partial charge in [0, 0.05) is 0 Å². The summed E-state index contributed by atoms with van der Waals surface area (Å²) in [5, 5.41) is 0. The van der Waals surface area contributed by atoms with Gasteiger partial charge in [-0.05, 0) is 0 Å². The van der Waals surface area contributed by atoms with Crippen molar-refractivity contribution in [1.29, 1.82) is 0 Å². The molecule has 0 heterocycles. The molecule has 0 saturated carbocycles. The molecule has 0 radical (unpaired) electrons. The van der Waals surface area contributed by atoms with Gasteiger partial charge in [-0.25, -0.2) is 0 Å². The molecule has 0 aromatic rings. The molecule has 4 heteroatoms. The molecule has 0 nitrogen and oxygen atoms in total. The molecule has 0 aromatic carbocycles. The Bertz CT molecular complexity index is 6.00. The summed E-state index contributed by atoms with van der Waals surface area (Å²) in [4.78, 5) is 0. The van der Waals surface area contributed by atoms with E-state index in [-0.39, 0.29) is 26.2 Å². The van der Waals surface area contributed by atoms with Crippen molar-refractivity contribution in [2.24, 2.45) is 0 Å². The molecule has 0 amide bonds. The van der Waals surface area contributed by atoms with Crippen LogP contribution in [-0.4, -0.2) is 26.2 Å². The Morgan fingerprint density at radius 1 is 1.25 bits per heavy atom. The van der Waals surface area contributed by atoms with Gasteiger partial charge in [0.1, 0.15) is 0 Å². The van der Waals surface area contributed by atoms with Crippen LogP contribution in [0.2, 0.25) is 0 Å². The summed E-state index contributed by atoms with van der Waals surface area (Å²) in [5.41, 5.74) is 0. The molecule has 0 N–H and O–H groups in total. The SMILES string of the molecule is [BiH3].[Cl][Cu][Cl]. The Morgan fingerprint density at radius 2 is 1.25 bits per heavy atom. The molecular weight excluding hydrogens is 343 g/mol. The zero-order valence-corrected chi connectivity index (χ0v) is 9.72. The Labute approximate surface area is 59.0 Å². The van der Waals surface area contributed by atoms with Crippen LogP contribution < -0.4 is 0 Å². The molecule has 0 saturated heterocycles. The maximum absolute atomic E-state index is 4.67. The van der Waals surface area contributed by atoms with E-state index in [0.29, 0.717) is 0 Å². The van der Waals surface area contributed by atoms with Crippen LogP contribution in [0, 0.1) is 0 Å². The van der Waals surface area contributed by atoms with Gasteiger partial charge in [0.2, 0.25) is 0 Å². The first kappa shape index (κ1) is 9.36. The molecule has 0 spiro atoms. The Balaban J connectivity index is 0. The Hall–Kier alpha value is 1.98. The van der Waals surface area contributed by atoms with E-state index in [1.807, 2.05) is 0 Å². The van der Waals surface area contributed by atoms with Crippen LogP contribution in [0.25, 0.3) is 0 Å². The van der Waals surface area contributed by atoms with Gasteiger partial charge >= 0.3 is 59.5 Å². The van der Waals surface area contributed by atoms with Crippen LogP contribution in [0.5, 0.6) is 0 Å². The summed E-state index contributed by atoms with van der Waals surface area (Å²) in [7, 11) is 9.34. The number of halogens is 2. The van der Waals surface area contributed by atoms with Gasteiger partial charge in [0.15, 0.2) is 0 Å². The minimum atomic E-state index is 0. The van der Waals surface area contributed by atoms with Gasteiger partial charge in [-0.15, -0.1) is 0 Å². The van der Waals surface area contributed by atoms with Crippen molar-refractivity contribution >= 4 is 46.4 Å². The average Bonchev–Trinajstić information content (AvgIpc) is 0.918. The van der Waals surface area contributed by atoms with Crippen LogP contribution in [0.4, 0.5) is 0 Å². The second-order valence-electron chi connectivity index (χ2n) is 0.0431. The first-order valence-corrected chi connectivity index (χ1v) is 2.82. The summed E-state index contributed by atoms with van der Waals surface area (Å²) >= 11 is 0.757. The number of hydrogen-bond acceptors (Lipinski definition) is 0. The van der Waals surface area contributed by atoms with Crippen molar-refractivity contribution in [1.82, 2.24) is 0 Å². The van der Waals surface area contributed by atoms with Crippen molar-refractivity contribution in [2.45, 2.75) is 0 Å². The molecule has 0 aliphatic rings. The molecule has 0 atom stereocenters. The van der Waals surface area contributed by atoms with Gasteiger partial charge in [0.05, 0.1) is 0 Å². The zero-order chi connectivity index (χ0) is 2.71. The third-order valence-corrected chi connectivity index (χ3v) is 0. The summed E-state index contributed by atoms with van der Waals surface area (Å²) in [6.07, 6.45) is 0. The summed E-state index contributed by atoms with van der Waals surface area (Å²) in [5.74, 6) is 0. The van der Waals surface area contributed by atoms with Crippen molar-refractivity contribution in [3.63, 3.8) is 0 Å². The maximum atomic E-state index is 4.67. The summed E-state index contributed by atoms with van der Waals surface area (Å²) in [6.45, 7) is 0. The van der Waals surface area contributed by atoms with Crippen LogP contribution in [0.1, 0.15) is 0 Å². The van der Waals surface area contributed by atoms with Crippen LogP contribution in [-0.2, 0) is 13.1 Å². The van der Waals surface area contributed by atoms with E-state index in [0.717, 1.165) is 13.1 Å². The molecule has 0 fully saturated rings. The van der Waals surface area contributed by atoms with E-state index in [9.17, 15) is 0 Å². The summed E-state index contributed by atoms with van der Waals surface area (Å²) in [6, 6.07) is 0. The fourth-order valence-electron chi connectivity index (χ4n) is 0. The quantitative estimate of drug-likeness (QED) is 0.550. The van der Waals surface area contributed by atoms with E-state index in [1.54, 1.807) is 0 Å². The van der Waals surface area contributed by atoms with E-state index in [2.05, 4.69) is 20.2 Å². The van der Waals surface area contributed by atoms with E-state index < -0.39 is 0 Å². The van der Waals surface area contributed by atoms with E-state index >= 15 is 0 Å². The van der Waals surface area contributed by atoms with Crippen LogP contribution in [0.15, 0.2) is 0 Å². The molecule has 0 aliphatic carbocycles. The predicted octanol–water partition coefficient (Wildman–Crippen LogP) is 0.193. The third kappa shape index (κ3) is 9.01. The predicted molar refractivity (Wildman–Crippen MR) is 21.6 cm³/mol. The van der Waals surface area contributed by atoms with Gasteiger partial charge in [-0.2, -0.15) is 0 Å². The monoisotopic (exact) mass is 345 g/mol. The molecule has 0 aromatic heterocycles. The number of rotatable bonds is 0. The van der Waals surface area contributed by atoms with Gasteiger partial charge < -0.3 is 0 Å². The molecule has 4 heavy (non-hydrogen) atoms. The van der Waals surface area contributed by atoms with Crippen molar-refractivity contribution in [3.8, 4) is 0 Å². The minimum absolute atomic E-state index is 0. The van der Waals surface area contributed by atoms with Crippen molar-refractivity contribution < 1.29 is 13.1 Å². The Kier molecular flexibility index (Phi) is 20.8. The normalized spacial score (nSPS) is 5.50. The zero-order valence-electron chi connectivity index (χ0n) is 1.76. The van der Waals surface area contributed by atoms with Crippen molar-refractivity contribution in [3.05, 3.63) is 0 Å². The molecule has 33 valence electrons. The van der Waals surface area contributed by atoms with Crippen LogP contribution >= 0.6 is 20.2 Å². The molecular formula is H3BiCl2Cu. The molecule has 0 unspecified atom stereocenters. The second-order valence-corrected chi connectivity index (χ2v) is 1.60. The fraction of sp³-hybridized carbons (Fsp3) is 0. The molecule has 0 rings (SSSR count). The van der Waals surface area contributed by atoms with Crippen molar-refractivity contribution in [2.75, 3.05) is 0 Å². The van der Waals surface area contributed by atoms with E-state index in [4.69, 9.17) is 0 Å². The first-order valence-electron chi connectivity index (χ1n) is 0.228. The topological polar surface area (TPSA) is 0 Å². The second kappa shape index (κ2) is 8.88. The Morgan fingerprint density at radius 3 is 1.25 bits per heavy atom. The fourth-order valence-corrected chi connectivity index (χ4v) is 0. The van der Waals surface area contributed by atoms with Gasteiger partial charge in [0.25, 0.3) is 0 Å². The van der Waals surface area contributed by atoms with Gasteiger partial charge in [-0.1, -0.05) is 0 Å². The average molecular weight is 346 g/mol. The molecule has 0 aliphatic heterocycles. The van der Waals surface area contributed by atoms with Crippen LogP contribution in [0.3, 0.4) is 0 Å². The first-order chi connectivity index (χ1) is 1.41.